The maximum Gasteiger partial charge on any atom is 0.321 e. The van der Waals surface area contributed by atoms with Gasteiger partial charge in [0.05, 0.1) is 20.5 Å². The number of ether oxygens (including phenoxy) is 1. The molecule has 2 rings (SSSR count). The normalized spacial score (nSPS) is 11.0. The van der Waals surface area contributed by atoms with E-state index in [1.807, 2.05) is 4.72 Å². The molecule has 0 aliphatic carbocycles. The number of nitro groups is 1. The molecular weight excluding hydrogens is 447 g/mol. The third kappa shape index (κ3) is 6.10. The lowest BCUT2D eigenvalue weighted by Crippen LogP contribution is -2.32. The van der Waals surface area contributed by atoms with Gasteiger partial charge in [-0.2, -0.15) is 4.72 Å². The van der Waals surface area contributed by atoms with Crippen molar-refractivity contribution < 1.29 is 32.1 Å². The summed E-state index contributed by atoms with van der Waals surface area (Å²) in [6.07, 6.45) is 0. The summed E-state index contributed by atoms with van der Waals surface area (Å²) >= 11 is 5.75. The predicted molar refractivity (Wildman–Crippen MR) is 104 cm³/mol. The van der Waals surface area contributed by atoms with E-state index in [0.29, 0.717) is 0 Å². The summed E-state index contributed by atoms with van der Waals surface area (Å²) in [4.78, 5) is 33.0. The molecule has 4 N–H and O–H groups in total. The van der Waals surface area contributed by atoms with Crippen molar-refractivity contribution in [2.24, 2.45) is 0 Å². The van der Waals surface area contributed by atoms with Crippen LogP contribution >= 0.6 is 11.6 Å². The molecule has 0 spiro atoms. The van der Waals surface area contributed by atoms with E-state index in [0.717, 1.165) is 30.3 Å². The largest absolute Gasteiger partial charge is 0.455 e. The molecule has 0 fully saturated rings. The number of carbonyl (C=O) groups is 2. The molecule has 0 saturated carbocycles. The molecule has 2 aromatic rings. The minimum atomic E-state index is -4.29. The van der Waals surface area contributed by atoms with E-state index < -0.39 is 56.4 Å². The Morgan fingerprint density at radius 2 is 1.93 bits per heavy atom. The number of anilines is 2. The smallest absolute Gasteiger partial charge is 0.321 e. The van der Waals surface area contributed by atoms with E-state index in [1.54, 1.807) is 0 Å². The average molecular weight is 461 g/mol. The molecule has 30 heavy (non-hydrogen) atoms. The second kappa shape index (κ2) is 9.47. The number of carbonyl (C=O) groups excluding carboxylic acids is 2. The molecular formula is C16H14ClFN4O7S. The maximum absolute atomic E-state index is 13.0. The van der Waals surface area contributed by atoms with Crippen LogP contribution in [0.4, 0.5) is 21.5 Å². The monoisotopic (exact) mass is 460 g/mol. The number of nitro benzene ring substituents is 1. The van der Waals surface area contributed by atoms with Gasteiger partial charge in [0.15, 0.2) is 6.61 Å². The summed E-state index contributed by atoms with van der Waals surface area (Å²) < 4.78 is 43.8. The minimum absolute atomic E-state index is 0.0694. The van der Waals surface area contributed by atoms with Gasteiger partial charge in [0.2, 0.25) is 10.0 Å². The van der Waals surface area contributed by atoms with Crippen molar-refractivity contribution in [3.63, 3.8) is 0 Å². The first-order chi connectivity index (χ1) is 14.0. The van der Waals surface area contributed by atoms with Crippen LogP contribution in [0.2, 0.25) is 5.02 Å². The number of nitrogens with one attached hydrogen (secondary N) is 2. The van der Waals surface area contributed by atoms with Crippen molar-refractivity contribution in [1.29, 1.82) is 0 Å². The van der Waals surface area contributed by atoms with Crippen LogP contribution in [0.5, 0.6) is 0 Å². The fraction of sp³-hybridized carbons (Fsp3) is 0.125. The Morgan fingerprint density at radius 1 is 1.23 bits per heavy atom. The number of amides is 1. The first kappa shape index (κ1) is 23.0. The van der Waals surface area contributed by atoms with Crippen molar-refractivity contribution in [2.75, 3.05) is 24.2 Å². The van der Waals surface area contributed by atoms with Gasteiger partial charge in [0.1, 0.15) is 18.0 Å². The first-order valence-corrected chi connectivity index (χ1v) is 9.80. The van der Waals surface area contributed by atoms with Crippen LogP contribution < -0.4 is 15.8 Å². The van der Waals surface area contributed by atoms with E-state index in [4.69, 9.17) is 17.3 Å². The van der Waals surface area contributed by atoms with Crippen LogP contribution in [-0.4, -0.2) is 38.4 Å². The molecule has 0 radical (unpaired) electrons. The minimum Gasteiger partial charge on any atom is -0.455 e. The molecule has 0 aliphatic rings. The highest BCUT2D eigenvalue weighted by Crippen LogP contribution is 2.24. The molecule has 0 unspecified atom stereocenters. The molecule has 0 aliphatic heterocycles. The second-order valence-electron chi connectivity index (χ2n) is 5.64. The van der Waals surface area contributed by atoms with Crippen LogP contribution in [0.25, 0.3) is 0 Å². The van der Waals surface area contributed by atoms with E-state index in [1.165, 1.54) is 6.07 Å². The zero-order chi connectivity index (χ0) is 22.5. The highest BCUT2D eigenvalue weighted by atomic mass is 35.5. The molecule has 2 aromatic carbocycles. The Balaban J connectivity index is 1.90. The number of hydrogen-bond acceptors (Lipinski definition) is 8. The molecule has 160 valence electrons. The highest BCUT2D eigenvalue weighted by molar-refractivity contribution is 7.89. The lowest BCUT2D eigenvalue weighted by Gasteiger charge is -2.09. The lowest BCUT2D eigenvalue weighted by molar-refractivity contribution is -0.384. The number of esters is 1. The standard InChI is InChI=1S/C16H14ClFN4O7S/c17-11-5-9(18)1-4-13(11)21-15(23)8-29-16(24)7-20-30(27,28)10-2-3-12(19)14(6-10)22(25)26/h1-6,20H,7-8,19H2,(H,21,23). The van der Waals surface area contributed by atoms with Crippen molar-refractivity contribution in [3.8, 4) is 0 Å². The van der Waals surface area contributed by atoms with Gasteiger partial charge >= 0.3 is 5.97 Å². The van der Waals surface area contributed by atoms with Crippen LogP contribution in [-0.2, 0) is 24.3 Å². The SMILES string of the molecule is Nc1ccc(S(=O)(=O)NCC(=O)OCC(=O)Nc2ccc(F)cc2Cl)cc1[N+](=O)[O-]. The fourth-order valence-electron chi connectivity index (χ4n) is 2.06. The number of rotatable bonds is 8. The highest BCUT2D eigenvalue weighted by Gasteiger charge is 2.21. The molecule has 0 saturated heterocycles. The number of halogens is 2. The first-order valence-electron chi connectivity index (χ1n) is 7.93. The maximum atomic E-state index is 13.0. The summed E-state index contributed by atoms with van der Waals surface area (Å²) in [6, 6.07) is 6.04. The van der Waals surface area contributed by atoms with Crippen molar-refractivity contribution in [3.05, 3.63) is 57.4 Å². The van der Waals surface area contributed by atoms with E-state index in [-0.39, 0.29) is 16.4 Å². The Bertz CT molecular complexity index is 1110. The zero-order valence-corrected chi connectivity index (χ0v) is 16.5. The van der Waals surface area contributed by atoms with Gasteiger partial charge < -0.3 is 15.8 Å². The van der Waals surface area contributed by atoms with Gasteiger partial charge in [-0.25, -0.2) is 12.8 Å². The van der Waals surface area contributed by atoms with Crippen molar-refractivity contribution in [1.82, 2.24) is 4.72 Å². The van der Waals surface area contributed by atoms with Crippen molar-refractivity contribution in [2.45, 2.75) is 4.90 Å². The van der Waals surface area contributed by atoms with Gasteiger partial charge in [-0.1, -0.05) is 11.6 Å². The number of benzene rings is 2. The summed E-state index contributed by atoms with van der Waals surface area (Å²) in [5.74, 6) is -2.50. The summed E-state index contributed by atoms with van der Waals surface area (Å²) in [5, 5.41) is 13.1. The zero-order valence-electron chi connectivity index (χ0n) is 14.9. The molecule has 0 heterocycles. The number of sulfonamides is 1. The summed E-state index contributed by atoms with van der Waals surface area (Å²) in [5.41, 5.74) is 4.64. The van der Waals surface area contributed by atoms with Crippen LogP contribution in [0.3, 0.4) is 0 Å². The second-order valence-corrected chi connectivity index (χ2v) is 7.81. The molecule has 11 nitrogen and oxygen atoms in total. The molecule has 1 amide bonds. The molecule has 0 bridgehead atoms. The third-order valence-corrected chi connectivity index (χ3v) is 5.20. The van der Waals surface area contributed by atoms with E-state index in [2.05, 4.69) is 10.1 Å². The Labute approximate surface area is 174 Å². The Hall–Kier alpha value is -3.29. The molecule has 0 atom stereocenters. The predicted octanol–water partition coefficient (Wildman–Crippen LogP) is 1.43. The number of nitrogens with zero attached hydrogens (tertiary/aromatic N) is 1. The number of hydrogen-bond donors (Lipinski definition) is 3. The van der Waals surface area contributed by atoms with Gasteiger partial charge in [-0.3, -0.25) is 19.7 Å². The van der Waals surface area contributed by atoms with E-state index in [9.17, 15) is 32.5 Å². The average Bonchev–Trinajstić information content (AvgIpc) is 2.67. The van der Waals surface area contributed by atoms with Gasteiger partial charge in [0.25, 0.3) is 11.6 Å². The van der Waals surface area contributed by atoms with Gasteiger partial charge in [0, 0.05) is 6.07 Å². The van der Waals surface area contributed by atoms with Crippen LogP contribution in [0.1, 0.15) is 0 Å². The fourth-order valence-corrected chi connectivity index (χ4v) is 3.26. The topological polar surface area (TPSA) is 171 Å². The summed E-state index contributed by atoms with van der Waals surface area (Å²) in [7, 11) is -4.29. The summed E-state index contributed by atoms with van der Waals surface area (Å²) in [6.45, 7) is -1.60. The van der Waals surface area contributed by atoms with Crippen LogP contribution in [0.15, 0.2) is 41.3 Å². The number of nitrogen functional groups attached to an aromatic ring is 1. The van der Waals surface area contributed by atoms with Crippen LogP contribution in [0, 0.1) is 15.9 Å². The van der Waals surface area contributed by atoms with Gasteiger partial charge in [-0.05, 0) is 30.3 Å². The number of nitrogens with two attached hydrogens (primary N) is 1. The Kier molecular flexibility index (Phi) is 7.26. The molecule has 0 aromatic heterocycles. The van der Waals surface area contributed by atoms with E-state index >= 15 is 0 Å². The van der Waals surface area contributed by atoms with Crippen molar-refractivity contribution >= 4 is 50.6 Å². The quantitative estimate of drug-likeness (QED) is 0.230. The third-order valence-electron chi connectivity index (χ3n) is 3.48. The Morgan fingerprint density at radius 3 is 2.57 bits per heavy atom. The lowest BCUT2D eigenvalue weighted by atomic mass is 10.3. The molecule has 14 heteroatoms. The van der Waals surface area contributed by atoms with Gasteiger partial charge in [-0.15, -0.1) is 0 Å².